The molecule has 4 heteroatoms. The zero-order valence-corrected chi connectivity index (χ0v) is 14.3. The number of hydrogen-bond acceptors (Lipinski definition) is 3. The van der Waals surface area contributed by atoms with Gasteiger partial charge < -0.3 is 10.4 Å². The lowest BCUT2D eigenvalue weighted by Crippen LogP contribution is -2.38. The number of aliphatic hydroxyl groups is 1. The van der Waals surface area contributed by atoms with Gasteiger partial charge in [0.05, 0.1) is 10.4 Å². The lowest BCUT2D eigenvalue weighted by Gasteiger charge is -2.28. The summed E-state index contributed by atoms with van der Waals surface area (Å²) in [6, 6.07) is 13.1. The molecule has 0 aliphatic heterocycles. The Balaban J connectivity index is 1.70. The summed E-state index contributed by atoms with van der Waals surface area (Å²) >= 11 is 5.45. The highest BCUT2D eigenvalue weighted by atomic mass is 79.9. The van der Waals surface area contributed by atoms with Crippen molar-refractivity contribution in [1.29, 1.82) is 0 Å². The average Bonchev–Trinajstić information content (AvgIpc) is 2.89. The van der Waals surface area contributed by atoms with Gasteiger partial charge >= 0.3 is 0 Å². The topological polar surface area (TPSA) is 32.3 Å². The molecule has 1 aromatic heterocycles. The van der Waals surface area contributed by atoms with E-state index in [2.05, 4.69) is 51.6 Å². The van der Waals surface area contributed by atoms with E-state index >= 15 is 0 Å². The molecule has 1 aromatic carbocycles. The molecule has 112 valence electrons. The fraction of sp³-hybridized carbons (Fsp3) is 0.412. The van der Waals surface area contributed by atoms with E-state index in [-0.39, 0.29) is 12.6 Å². The molecule has 3 rings (SSSR count). The molecule has 0 amide bonds. The number of thiophene rings is 1. The van der Waals surface area contributed by atoms with Gasteiger partial charge in [0.25, 0.3) is 0 Å². The third-order valence-electron chi connectivity index (χ3n) is 4.07. The summed E-state index contributed by atoms with van der Waals surface area (Å²) in [4.78, 5) is 1.49. The molecule has 0 bridgehead atoms. The van der Waals surface area contributed by atoms with Crippen LogP contribution in [0.15, 0.2) is 40.2 Å². The van der Waals surface area contributed by atoms with Gasteiger partial charge in [-0.2, -0.15) is 0 Å². The first kappa shape index (κ1) is 15.2. The maximum atomic E-state index is 9.70. The SMILES string of the molecule is OCC(Cc1ccccc1)NC1CCCc2sc(Br)cc21. The number of rotatable bonds is 5. The zero-order chi connectivity index (χ0) is 14.7. The number of fused-ring (bicyclic) bond motifs is 1. The standard InChI is InChI=1S/C17H20BrNOS/c18-17-10-14-15(7-4-8-16(14)21-17)19-13(11-20)9-12-5-2-1-3-6-12/h1-3,5-6,10,13,15,19-20H,4,7-9,11H2. The third kappa shape index (κ3) is 3.75. The number of aliphatic hydroxyl groups excluding tert-OH is 1. The lowest BCUT2D eigenvalue weighted by molar-refractivity contribution is 0.226. The van der Waals surface area contributed by atoms with Gasteiger partial charge in [0, 0.05) is 17.0 Å². The van der Waals surface area contributed by atoms with Gasteiger partial charge in [-0.05, 0) is 58.8 Å². The molecular weight excluding hydrogens is 346 g/mol. The van der Waals surface area contributed by atoms with Crippen LogP contribution in [0, 0.1) is 0 Å². The number of aryl methyl sites for hydroxylation is 1. The van der Waals surface area contributed by atoms with Crippen LogP contribution >= 0.6 is 27.3 Å². The summed E-state index contributed by atoms with van der Waals surface area (Å²) in [7, 11) is 0. The summed E-state index contributed by atoms with van der Waals surface area (Å²) in [5, 5.41) is 13.4. The first-order chi connectivity index (χ1) is 10.3. The van der Waals surface area contributed by atoms with E-state index < -0.39 is 0 Å². The van der Waals surface area contributed by atoms with Crippen molar-refractivity contribution in [1.82, 2.24) is 5.32 Å². The van der Waals surface area contributed by atoms with Crippen molar-refractivity contribution in [3.05, 3.63) is 56.2 Å². The van der Waals surface area contributed by atoms with Crippen LogP contribution in [0.25, 0.3) is 0 Å². The van der Waals surface area contributed by atoms with Crippen LogP contribution in [0.2, 0.25) is 0 Å². The fourth-order valence-corrected chi connectivity index (χ4v) is 4.87. The van der Waals surface area contributed by atoms with E-state index in [1.54, 1.807) is 0 Å². The Morgan fingerprint density at radius 3 is 2.90 bits per heavy atom. The molecule has 2 unspecified atom stereocenters. The number of nitrogens with one attached hydrogen (secondary N) is 1. The van der Waals surface area contributed by atoms with Crippen molar-refractivity contribution >= 4 is 27.3 Å². The molecule has 2 aromatic rings. The van der Waals surface area contributed by atoms with Crippen molar-refractivity contribution in [3.8, 4) is 0 Å². The number of benzene rings is 1. The van der Waals surface area contributed by atoms with Gasteiger partial charge in [-0.15, -0.1) is 11.3 Å². The van der Waals surface area contributed by atoms with Crippen molar-refractivity contribution in [2.24, 2.45) is 0 Å². The smallest absolute Gasteiger partial charge is 0.0704 e. The molecule has 21 heavy (non-hydrogen) atoms. The first-order valence-corrected chi connectivity index (χ1v) is 9.06. The Bertz CT molecular complexity index is 584. The minimum absolute atomic E-state index is 0.113. The highest BCUT2D eigenvalue weighted by Crippen LogP contribution is 2.38. The summed E-state index contributed by atoms with van der Waals surface area (Å²) in [6.07, 6.45) is 4.43. The molecule has 0 saturated carbocycles. The van der Waals surface area contributed by atoms with E-state index in [0.717, 1.165) is 12.8 Å². The highest BCUT2D eigenvalue weighted by Gasteiger charge is 2.24. The maximum Gasteiger partial charge on any atom is 0.0704 e. The first-order valence-electron chi connectivity index (χ1n) is 7.45. The van der Waals surface area contributed by atoms with Gasteiger partial charge in [0.1, 0.15) is 0 Å². The molecule has 0 spiro atoms. The predicted octanol–water partition coefficient (Wildman–Crippen LogP) is 4.08. The Kier molecular flexibility index (Phi) is 5.11. The largest absolute Gasteiger partial charge is 0.395 e. The zero-order valence-electron chi connectivity index (χ0n) is 11.9. The van der Waals surface area contributed by atoms with Gasteiger partial charge in [-0.25, -0.2) is 0 Å². The van der Waals surface area contributed by atoms with Crippen LogP contribution in [-0.4, -0.2) is 17.8 Å². The van der Waals surface area contributed by atoms with E-state index in [0.29, 0.717) is 6.04 Å². The molecule has 2 atom stereocenters. The van der Waals surface area contributed by atoms with Gasteiger partial charge in [0.2, 0.25) is 0 Å². The monoisotopic (exact) mass is 365 g/mol. The van der Waals surface area contributed by atoms with Crippen LogP contribution in [0.5, 0.6) is 0 Å². The van der Waals surface area contributed by atoms with E-state index in [4.69, 9.17) is 0 Å². The Labute approximate surface area is 138 Å². The van der Waals surface area contributed by atoms with E-state index in [1.165, 1.54) is 32.6 Å². The fourth-order valence-electron chi connectivity index (χ4n) is 3.05. The van der Waals surface area contributed by atoms with Crippen LogP contribution < -0.4 is 5.32 Å². The quantitative estimate of drug-likeness (QED) is 0.836. The van der Waals surface area contributed by atoms with Crippen molar-refractivity contribution < 1.29 is 5.11 Å². The molecule has 1 heterocycles. The summed E-state index contributed by atoms with van der Waals surface area (Å²) < 4.78 is 1.21. The second kappa shape index (κ2) is 7.05. The number of halogens is 1. The van der Waals surface area contributed by atoms with Crippen molar-refractivity contribution in [2.45, 2.75) is 37.8 Å². The van der Waals surface area contributed by atoms with Gasteiger partial charge in [-0.3, -0.25) is 0 Å². The Morgan fingerprint density at radius 2 is 2.14 bits per heavy atom. The van der Waals surface area contributed by atoms with Crippen LogP contribution in [0.3, 0.4) is 0 Å². The Hall–Kier alpha value is -0.680. The molecule has 0 saturated heterocycles. The molecule has 1 aliphatic carbocycles. The van der Waals surface area contributed by atoms with E-state index in [1.807, 2.05) is 17.4 Å². The summed E-state index contributed by atoms with van der Waals surface area (Å²) in [6.45, 7) is 0.173. The van der Waals surface area contributed by atoms with Gasteiger partial charge in [0.15, 0.2) is 0 Å². The third-order valence-corrected chi connectivity index (χ3v) is 5.78. The minimum Gasteiger partial charge on any atom is -0.395 e. The molecule has 2 nitrogen and oxygen atoms in total. The second-order valence-electron chi connectivity index (χ2n) is 5.61. The van der Waals surface area contributed by atoms with Crippen LogP contribution in [0.1, 0.15) is 34.9 Å². The predicted molar refractivity (Wildman–Crippen MR) is 91.9 cm³/mol. The molecule has 0 radical (unpaired) electrons. The molecule has 2 N–H and O–H groups in total. The Morgan fingerprint density at radius 1 is 1.33 bits per heavy atom. The van der Waals surface area contributed by atoms with Gasteiger partial charge in [-0.1, -0.05) is 30.3 Å². The second-order valence-corrected chi connectivity index (χ2v) is 8.13. The van der Waals surface area contributed by atoms with Crippen molar-refractivity contribution in [3.63, 3.8) is 0 Å². The molecular formula is C17H20BrNOS. The molecule has 0 fully saturated rings. The normalized spacial score (nSPS) is 19.2. The maximum absolute atomic E-state index is 9.70. The molecule has 1 aliphatic rings. The van der Waals surface area contributed by atoms with Crippen LogP contribution in [-0.2, 0) is 12.8 Å². The van der Waals surface area contributed by atoms with Crippen LogP contribution in [0.4, 0.5) is 0 Å². The summed E-state index contributed by atoms with van der Waals surface area (Å²) in [5.41, 5.74) is 2.69. The average molecular weight is 366 g/mol. The van der Waals surface area contributed by atoms with Crippen molar-refractivity contribution in [2.75, 3.05) is 6.61 Å². The van der Waals surface area contributed by atoms with E-state index in [9.17, 15) is 5.11 Å². The minimum atomic E-state index is 0.113. The lowest BCUT2D eigenvalue weighted by atomic mass is 9.93. The highest BCUT2D eigenvalue weighted by molar-refractivity contribution is 9.11. The number of hydrogen-bond donors (Lipinski definition) is 2. The summed E-state index contributed by atoms with van der Waals surface area (Å²) in [5.74, 6) is 0.